The summed E-state index contributed by atoms with van der Waals surface area (Å²) in [5.74, 6) is 0.590. The number of hydrogen-bond donors (Lipinski definition) is 0. The Labute approximate surface area is 106 Å². The van der Waals surface area contributed by atoms with Crippen molar-refractivity contribution in [1.82, 2.24) is 4.98 Å². The van der Waals surface area contributed by atoms with E-state index >= 15 is 0 Å². The third kappa shape index (κ3) is 3.19. The highest BCUT2D eigenvalue weighted by Crippen LogP contribution is 2.27. The Morgan fingerprint density at radius 1 is 1.71 bits per heavy atom. The Balaban J connectivity index is 1.89. The normalized spacial score (nSPS) is 19.6. The maximum Gasteiger partial charge on any atom is 0.305 e. The molecule has 1 fully saturated rings. The fourth-order valence-corrected chi connectivity index (χ4v) is 2.89. The predicted octanol–water partition coefficient (Wildman–Crippen LogP) is 2.09. The molecular weight excluding hydrogens is 236 g/mol. The number of rotatable bonds is 4. The smallest absolute Gasteiger partial charge is 0.305 e. The molecule has 1 atom stereocenters. The van der Waals surface area contributed by atoms with Gasteiger partial charge in [-0.2, -0.15) is 0 Å². The minimum atomic E-state index is -0.172. The number of ether oxygens (including phenoxy) is 1. The lowest BCUT2D eigenvalue weighted by Gasteiger charge is -2.13. The van der Waals surface area contributed by atoms with Gasteiger partial charge in [-0.1, -0.05) is 6.92 Å². The molecule has 1 aliphatic heterocycles. The maximum atomic E-state index is 11.0. The van der Waals surface area contributed by atoms with Gasteiger partial charge in [-0.15, -0.1) is 11.3 Å². The molecular formula is C12H18N2O2S. The van der Waals surface area contributed by atoms with E-state index in [2.05, 4.69) is 21.5 Å². The van der Waals surface area contributed by atoms with Crippen LogP contribution in [0.15, 0.2) is 5.38 Å². The second-order valence-electron chi connectivity index (χ2n) is 4.54. The molecule has 4 nitrogen and oxygen atoms in total. The van der Waals surface area contributed by atoms with Crippen molar-refractivity contribution in [2.24, 2.45) is 5.92 Å². The number of anilines is 1. The van der Waals surface area contributed by atoms with Crippen molar-refractivity contribution in [3.8, 4) is 0 Å². The number of hydrogen-bond acceptors (Lipinski definition) is 5. The van der Waals surface area contributed by atoms with Crippen molar-refractivity contribution in [2.75, 3.05) is 25.1 Å². The highest BCUT2D eigenvalue weighted by molar-refractivity contribution is 7.13. The lowest BCUT2D eigenvalue weighted by atomic mass is 10.2. The van der Waals surface area contributed by atoms with Crippen molar-refractivity contribution >= 4 is 22.4 Å². The standard InChI is InChI=1S/C12H18N2O2S/c1-9-5-6-14(7-9)12-13-10(8-17-12)3-4-11(15)16-2/h8-9H,3-7H2,1-2H3. The molecule has 0 aliphatic carbocycles. The second-order valence-corrected chi connectivity index (χ2v) is 5.37. The minimum Gasteiger partial charge on any atom is -0.469 e. The molecule has 1 unspecified atom stereocenters. The van der Waals surface area contributed by atoms with Crippen LogP contribution in [-0.4, -0.2) is 31.2 Å². The van der Waals surface area contributed by atoms with Gasteiger partial charge in [0.15, 0.2) is 5.13 Å². The van der Waals surface area contributed by atoms with Crippen LogP contribution in [0.4, 0.5) is 5.13 Å². The lowest BCUT2D eigenvalue weighted by Crippen LogP contribution is -2.18. The molecule has 0 N–H and O–H groups in total. The van der Waals surface area contributed by atoms with Crippen LogP contribution in [0.2, 0.25) is 0 Å². The fraction of sp³-hybridized carbons (Fsp3) is 0.667. The second kappa shape index (κ2) is 5.49. The Morgan fingerprint density at radius 2 is 2.53 bits per heavy atom. The third-order valence-electron chi connectivity index (χ3n) is 3.05. The van der Waals surface area contributed by atoms with Gasteiger partial charge in [0.05, 0.1) is 19.2 Å². The van der Waals surface area contributed by atoms with E-state index in [1.165, 1.54) is 13.5 Å². The van der Waals surface area contributed by atoms with E-state index < -0.39 is 0 Å². The van der Waals surface area contributed by atoms with Gasteiger partial charge >= 0.3 is 5.97 Å². The Kier molecular flexibility index (Phi) is 3.99. The van der Waals surface area contributed by atoms with Crippen LogP contribution < -0.4 is 4.90 Å². The first-order valence-electron chi connectivity index (χ1n) is 5.95. The number of aromatic nitrogens is 1. The first-order valence-corrected chi connectivity index (χ1v) is 6.83. The van der Waals surface area contributed by atoms with Crippen molar-refractivity contribution in [1.29, 1.82) is 0 Å². The van der Waals surface area contributed by atoms with Crippen molar-refractivity contribution in [3.05, 3.63) is 11.1 Å². The average molecular weight is 254 g/mol. The maximum absolute atomic E-state index is 11.0. The van der Waals surface area contributed by atoms with Gasteiger partial charge in [0.2, 0.25) is 0 Å². The van der Waals surface area contributed by atoms with Crippen LogP contribution in [-0.2, 0) is 16.0 Å². The van der Waals surface area contributed by atoms with Crippen molar-refractivity contribution in [3.63, 3.8) is 0 Å². The van der Waals surface area contributed by atoms with Crippen molar-refractivity contribution < 1.29 is 9.53 Å². The van der Waals surface area contributed by atoms with Crippen LogP contribution in [0.3, 0.4) is 0 Å². The van der Waals surface area contributed by atoms with E-state index in [9.17, 15) is 4.79 Å². The summed E-state index contributed by atoms with van der Waals surface area (Å²) in [5.41, 5.74) is 0.995. The summed E-state index contributed by atoms with van der Waals surface area (Å²) < 4.78 is 4.62. The zero-order valence-corrected chi connectivity index (χ0v) is 11.1. The van der Waals surface area contributed by atoms with Gasteiger partial charge in [0.25, 0.3) is 0 Å². The van der Waals surface area contributed by atoms with Gasteiger partial charge < -0.3 is 9.64 Å². The summed E-state index contributed by atoms with van der Waals surface area (Å²) in [7, 11) is 1.42. The molecule has 2 rings (SSSR count). The van der Waals surface area contributed by atoms with E-state index in [0.717, 1.165) is 29.8 Å². The van der Waals surface area contributed by atoms with Crippen LogP contribution in [0, 0.1) is 5.92 Å². The summed E-state index contributed by atoms with van der Waals surface area (Å²) in [6, 6.07) is 0. The number of carbonyl (C=O) groups is 1. The number of thiazole rings is 1. The predicted molar refractivity (Wildman–Crippen MR) is 68.4 cm³/mol. The molecule has 1 aromatic rings. The van der Waals surface area contributed by atoms with Gasteiger partial charge in [0, 0.05) is 24.9 Å². The average Bonchev–Trinajstić information content (AvgIpc) is 2.94. The quantitative estimate of drug-likeness (QED) is 0.772. The molecule has 0 aromatic carbocycles. The van der Waals surface area contributed by atoms with E-state index in [1.807, 2.05) is 5.38 Å². The van der Waals surface area contributed by atoms with Crippen LogP contribution >= 0.6 is 11.3 Å². The first kappa shape index (κ1) is 12.4. The summed E-state index contributed by atoms with van der Waals surface area (Å²) in [6.07, 6.45) is 2.33. The van der Waals surface area contributed by atoms with Gasteiger partial charge in [-0.05, 0) is 12.3 Å². The number of aryl methyl sites for hydroxylation is 1. The molecule has 17 heavy (non-hydrogen) atoms. The zero-order valence-electron chi connectivity index (χ0n) is 10.3. The van der Waals surface area contributed by atoms with E-state index in [4.69, 9.17) is 0 Å². The Bertz CT molecular complexity index is 392. The van der Waals surface area contributed by atoms with Gasteiger partial charge in [-0.25, -0.2) is 4.98 Å². The molecule has 2 heterocycles. The zero-order chi connectivity index (χ0) is 12.3. The van der Waals surface area contributed by atoms with Crippen molar-refractivity contribution in [2.45, 2.75) is 26.2 Å². The summed E-state index contributed by atoms with van der Waals surface area (Å²) in [4.78, 5) is 17.9. The molecule has 1 aliphatic rings. The Morgan fingerprint density at radius 3 is 3.18 bits per heavy atom. The molecule has 0 spiro atoms. The molecule has 0 bridgehead atoms. The molecule has 0 saturated carbocycles. The third-order valence-corrected chi connectivity index (χ3v) is 4.00. The largest absolute Gasteiger partial charge is 0.469 e. The van der Waals surface area contributed by atoms with E-state index in [-0.39, 0.29) is 5.97 Å². The highest BCUT2D eigenvalue weighted by atomic mass is 32.1. The lowest BCUT2D eigenvalue weighted by molar-refractivity contribution is -0.140. The minimum absolute atomic E-state index is 0.172. The number of carbonyl (C=O) groups excluding carboxylic acids is 1. The summed E-state index contributed by atoms with van der Waals surface area (Å²) in [5, 5.41) is 3.13. The van der Waals surface area contributed by atoms with Gasteiger partial charge in [-0.3, -0.25) is 4.79 Å². The molecule has 5 heteroatoms. The number of methoxy groups -OCH3 is 1. The number of esters is 1. The summed E-state index contributed by atoms with van der Waals surface area (Å²) >= 11 is 1.67. The number of nitrogens with zero attached hydrogens (tertiary/aromatic N) is 2. The highest BCUT2D eigenvalue weighted by Gasteiger charge is 2.21. The van der Waals surface area contributed by atoms with E-state index in [1.54, 1.807) is 11.3 Å². The SMILES string of the molecule is COC(=O)CCc1csc(N2CCC(C)C2)n1. The molecule has 1 aromatic heterocycles. The van der Waals surface area contributed by atoms with Crippen LogP contribution in [0.5, 0.6) is 0 Å². The Hall–Kier alpha value is -1.10. The fourth-order valence-electron chi connectivity index (χ4n) is 2.00. The molecule has 0 amide bonds. The van der Waals surface area contributed by atoms with E-state index in [0.29, 0.717) is 12.8 Å². The molecule has 1 saturated heterocycles. The summed E-state index contributed by atoms with van der Waals surface area (Å²) in [6.45, 7) is 4.47. The molecule has 0 radical (unpaired) electrons. The van der Waals surface area contributed by atoms with Crippen LogP contribution in [0.25, 0.3) is 0 Å². The monoisotopic (exact) mass is 254 g/mol. The topological polar surface area (TPSA) is 42.4 Å². The van der Waals surface area contributed by atoms with Crippen LogP contribution in [0.1, 0.15) is 25.5 Å². The van der Waals surface area contributed by atoms with Gasteiger partial charge in [0.1, 0.15) is 0 Å². The first-order chi connectivity index (χ1) is 8.19. The molecule has 94 valence electrons.